The van der Waals surface area contributed by atoms with Gasteiger partial charge in [0.25, 0.3) is 0 Å². The van der Waals surface area contributed by atoms with Crippen molar-refractivity contribution in [2.45, 2.75) is 0 Å². The molecule has 5 heteroatoms. The number of benzene rings is 1. The van der Waals surface area contributed by atoms with Crippen molar-refractivity contribution in [1.29, 1.82) is 0 Å². The first-order valence-electron chi connectivity index (χ1n) is 3.21. The van der Waals surface area contributed by atoms with Crippen LogP contribution in [-0.4, -0.2) is 11.0 Å². The molecule has 0 spiro atoms. The van der Waals surface area contributed by atoms with Gasteiger partial charge in [-0.2, -0.15) is 0 Å². The number of amidine groups is 1. The maximum Gasteiger partial charge on any atom is 0.173 e. The molecule has 0 aliphatic carbocycles. The van der Waals surface area contributed by atoms with Crippen molar-refractivity contribution in [2.75, 3.05) is 0 Å². The SMILES string of the molecule is [N-]=[N+]=N/C(=N\O)c1ccccc1. The average molecular weight is 162 g/mol. The van der Waals surface area contributed by atoms with Gasteiger partial charge < -0.3 is 5.21 Å². The fraction of sp³-hybridized carbons (Fsp3) is 0. The van der Waals surface area contributed by atoms with Crippen LogP contribution in [0.4, 0.5) is 0 Å². The van der Waals surface area contributed by atoms with Gasteiger partial charge in [-0.15, -0.1) is 0 Å². The molecule has 0 atom stereocenters. The molecule has 0 amide bonds. The van der Waals surface area contributed by atoms with E-state index < -0.39 is 0 Å². The molecule has 0 saturated heterocycles. The van der Waals surface area contributed by atoms with Crippen LogP contribution < -0.4 is 0 Å². The van der Waals surface area contributed by atoms with E-state index in [9.17, 15) is 0 Å². The maximum absolute atomic E-state index is 8.43. The number of azide groups is 1. The zero-order chi connectivity index (χ0) is 8.81. The summed E-state index contributed by atoms with van der Waals surface area (Å²) >= 11 is 0. The Labute approximate surface area is 68.6 Å². The molecule has 1 rings (SSSR count). The highest BCUT2D eigenvalue weighted by Gasteiger charge is 1.98. The minimum Gasteiger partial charge on any atom is -0.410 e. The lowest BCUT2D eigenvalue weighted by Crippen LogP contribution is -1.94. The van der Waals surface area contributed by atoms with Crippen LogP contribution in [-0.2, 0) is 0 Å². The molecule has 0 aromatic heterocycles. The topological polar surface area (TPSA) is 81.4 Å². The van der Waals surface area contributed by atoms with E-state index in [1.54, 1.807) is 24.3 Å². The summed E-state index contributed by atoms with van der Waals surface area (Å²) in [5, 5.41) is 14.5. The molecule has 0 saturated carbocycles. The van der Waals surface area contributed by atoms with Crippen LogP contribution in [0.25, 0.3) is 10.4 Å². The Morgan fingerprint density at radius 2 is 2.00 bits per heavy atom. The molecular weight excluding hydrogens is 156 g/mol. The van der Waals surface area contributed by atoms with Gasteiger partial charge in [-0.3, -0.25) is 0 Å². The van der Waals surface area contributed by atoms with E-state index in [2.05, 4.69) is 15.2 Å². The number of hydrogen-bond donors (Lipinski definition) is 1. The van der Waals surface area contributed by atoms with Crippen LogP contribution in [0.5, 0.6) is 0 Å². The summed E-state index contributed by atoms with van der Waals surface area (Å²) in [6.45, 7) is 0. The summed E-state index contributed by atoms with van der Waals surface area (Å²) < 4.78 is 0. The Bertz CT molecular complexity index is 327. The first kappa shape index (κ1) is 8.10. The monoisotopic (exact) mass is 162 g/mol. The maximum atomic E-state index is 8.43. The van der Waals surface area contributed by atoms with E-state index >= 15 is 0 Å². The van der Waals surface area contributed by atoms with Crippen LogP contribution in [0.15, 0.2) is 40.6 Å². The fourth-order valence-corrected chi connectivity index (χ4v) is 0.765. The third-order valence-corrected chi connectivity index (χ3v) is 1.27. The predicted molar refractivity (Wildman–Crippen MR) is 43.9 cm³/mol. The highest BCUT2D eigenvalue weighted by atomic mass is 16.4. The minimum atomic E-state index is -0.0295. The summed E-state index contributed by atoms with van der Waals surface area (Å²) in [7, 11) is 0. The molecule has 5 nitrogen and oxygen atoms in total. The lowest BCUT2D eigenvalue weighted by molar-refractivity contribution is 0.318. The largest absolute Gasteiger partial charge is 0.410 e. The van der Waals surface area contributed by atoms with E-state index in [1.165, 1.54) is 0 Å². The molecule has 12 heavy (non-hydrogen) atoms. The van der Waals surface area contributed by atoms with E-state index in [1.807, 2.05) is 6.07 Å². The zero-order valence-electron chi connectivity index (χ0n) is 6.12. The van der Waals surface area contributed by atoms with Crippen molar-refractivity contribution in [2.24, 2.45) is 10.3 Å². The lowest BCUT2D eigenvalue weighted by Gasteiger charge is -1.94. The van der Waals surface area contributed by atoms with Crippen LogP contribution in [0, 0.1) is 0 Å². The van der Waals surface area contributed by atoms with E-state index in [0.29, 0.717) is 5.56 Å². The predicted octanol–water partition coefficient (Wildman–Crippen LogP) is 2.13. The molecule has 60 valence electrons. The average Bonchev–Trinajstić information content (AvgIpc) is 2.15. The quantitative estimate of drug-likeness (QED) is 0.128. The molecule has 0 aliphatic heterocycles. The van der Waals surface area contributed by atoms with Crippen LogP contribution >= 0.6 is 0 Å². The van der Waals surface area contributed by atoms with Gasteiger partial charge in [0.1, 0.15) is 0 Å². The lowest BCUT2D eigenvalue weighted by atomic mass is 10.2. The second kappa shape index (κ2) is 4.00. The van der Waals surface area contributed by atoms with Gasteiger partial charge in [0.05, 0.1) is 0 Å². The number of hydrogen-bond acceptors (Lipinski definition) is 2. The Balaban J connectivity index is 3.05. The zero-order valence-corrected chi connectivity index (χ0v) is 6.12. The number of rotatable bonds is 1. The van der Waals surface area contributed by atoms with Crippen molar-refractivity contribution in [3.8, 4) is 0 Å². The molecule has 0 heterocycles. The van der Waals surface area contributed by atoms with Crippen molar-refractivity contribution in [3.05, 3.63) is 46.3 Å². The minimum absolute atomic E-state index is 0.0295. The van der Waals surface area contributed by atoms with E-state index in [-0.39, 0.29) is 5.84 Å². The summed E-state index contributed by atoms with van der Waals surface area (Å²) in [5.41, 5.74) is 8.68. The van der Waals surface area contributed by atoms with E-state index in [4.69, 9.17) is 10.7 Å². The molecule has 0 fully saturated rings. The van der Waals surface area contributed by atoms with Gasteiger partial charge in [-0.1, -0.05) is 35.5 Å². The van der Waals surface area contributed by atoms with Gasteiger partial charge >= 0.3 is 0 Å². The standard InChI is InChI=1S/C7H6N4O/c8-11-9-7(10-12)6-4-2-1-3-5-6/h1-5,12H/b10-7-. The Kier molecular flexibility index (Phi) is 2.70. The summed E-state index contributed by atoms with van der Waals surface area (Å²) in [5.74, 6) is -0.0295. The van der Waals surface area contributed by atoms with E-state index in [0.717, 1.165) is 0 Å². The first-order valence-corrected chi connectivity index (χ1v) is 3.21. The third-order valence-electron chi connectivity index (χ3n) is 1.27. The summed E-state index contributed by atoms with van der Waals surface area (Å²) in [4.78, 5) is 2.52. The normalized spacial score (nSPS) is 10.5. The Morgan fingerprint density at radius 1 is 1.33 bits per heavy atom. The molecule has 0 radical (unpaired) electrons. The highest BCUT2D eigenvalue weighted by molar-refractivity contribution is 5.98. The Morgan fingerprint density at radius 3 is 2.50 bits per heavy atom. The van der Waals surface area contributed by atoms with Gasteiger partial charge in [-0.25, -0.2) is 0 Å². The molecule has 0 unspecified atom stereocenters. The van der Waals surface area contributed by atoms with Gasteiger partial charge in [0.15, 0.2) is 5.84 Å². The number of oxime groups is 1. The Hall–Kier alpha value is -2.00. The van der Waals surface area contributed by atoms with Crippen molar-refractivity contribution in [1.82, 2.24) is 0 Å². The number of nitrogens with zero attached hydrogens (tertiary/aromatic N) is 4. The van der Waals surface area contributed by atoms with Crippen LogP contribution in [0.2, 0.25) is 0 Å². The van der Waals surface area contributed by atoms with Crippen LogP contribution in [0.3, 0.4) is 0 Å². The fourth-order valence-electron chi connectivity index (χ4n) is 0.765. The molecule has 1 N–H and O–H groups in total. The van der Waals surface area contributed by atoms with Crippen molar-refractivity contribution in [3.63, 3.8) is 0 Å². The third kappa shape index (κ3) is 1.74. The van der Waals surface area contributed by atoms with Crippen molar-refractivity contribution >= 4 is 5.84 Å². The second-order valence-corrected chi connectivity index (χ2v) is 1.98. The van der Waals surface area contributed by atoms with Crippen LogP contribution in [0.1, 0.15) is 5.56 Å². The van der Waals surface area contributed by atoms with Gasteiger partial charge in [0.2, 0.25) is 0 Å². The summed E-state index contributed by atoms with van der Waals surface area (Å²) in [6.07, 6.45) is 0. The smallest absolute Gasteiger partial charge is 0.173 e. The molecule has 0 aliphatic rings. The second-order valence-electron chi connectivity index (χ2n) is 1.98. The molecular formula is C7H6N4O. The van der Waals surface area contributed by atoms with Crippen molar-refractivity contribution < 1.29 is 5.21 Å². The molecule has 0 bridgehead atoms. The summed E-state index contributed by atoms with van der Waals surface area (Å²) in [6, 6.07) is 8.70. The molecule has 1 aromatic carbocycles. The highest BCUT2D eigenvalue weighted by Crippen LogP contribution is 2.01. The van der Waals surface area contributed by atoms with Gasteiger partial charge in [0, 0.05) is 10.5 Å². The molecule has 1 aromatic rings. The first-order chi connectivity index (χ1) is 5.88. The van der Waals surface area contributed by atoms with Gasteiger partial charge in [-0.05, 0) is 10.6 Å².